The Hall–Kier alpha value is -1.72. The molecule has 1 aliphatic carbocycles. The summed E-state index contributed by atoms with van der Waals surface area (Å²) in [6, 6.07) is 0. The summed E-state index contributed by atoms with van der Waals surface area (Å²) in [5.74, 6) is -4.59. The summed E-state index contributed by atoms with van der Waals surface area (Å²) in [5.41, 5.74) is -3.19. The number of hydrogen-bond donors (Lipinski definition) is 2. The average Bonchev–Trinajstić information content (AvgIpc) is 2.11. The van der Waals surface area contributed by atoms with Gasteiger partial charge < -0.3 is 10.2 Å². The van der Waals surface area contributed by atoms with Crippen LogP contribution in [0.2, 0.25) is 0 Å². The van der Waals surface area contributed by atoms with Crippen molar-refractivity contribution in [3.05, 3.63) is 23.6 Å². The lowest BCUT2D eigenvalue weighted by Gasteiger charge is -2.28. The van der Waals surface area contributed by atoms with Crippen molar-refractivity contribution in [2.24, 2.45) is 5.41 Å². The predicted octanol–water partition coefficient (Wildman–Crippen LogP) is 1.29. The fourth-order valence-corrected chi connectivity index (χ4v) is 1.23. The summed E-state index contributed by atoms with van der Waals surface area (Å²) in [6.45, 7) is 0.992. The number of hydrogen-bond acceptors (Lipinski definition) is 2. The second kappa shape index (κ2) is 3.45. The Morgan fingerprint density at radius 1 is 1.47 bits per heavy atom. The number of carboxylic acid groups (broad SMARTS) is 2. The van der Waals surface area contributed by atoms with Gasteiger partial charge in [0.15, 0.2) is 6.17 Å². The van der Waals surface area contributed by atoms with Crippen molar-refractivity contribution < 1.29 is 28.6 Å². The second-order valence-corrected chi connectivity index (χ2v) is 3.35. The van der Waals surface area contributed by atoms with Gasteiger partial charge >= 0.3 is 11.9 Å². The number of halogens is 2. The zero-order valence-electron chi connectivity index (χ0n) is 7.70. The molecule has 2 unspecified atom stereocenters. The van der Waals surface area contributed by atoms with Crippen LogP contribution >= 0.6 is 0 Å². The Morgan fingerprint density at radius 3 is 2.40 bits per heavy atom. The van der Waals surface area contributed by atoms with Crippen LogP contribution in [0.5, 0.6) is 0 Å². The minimum Gasteiger partial charge on any atom is -0.481 e. The summed E-state index contributed by atoms with van der Waals surface area (Å²) in [4.78, 5) is 21.3. The molecule has 0 aromatic rings. The van der Waals surface area contributed by atoms with Gasteiger partial charge in [-0.3, -0.25) is 4.79 Å². The van der Waals surface area contributed by atoms with E-state index in [0.717, 1.165) is 13.0 Å². The first kappa shape index (κ1) is 11.4. The van der Waals surface area contributed by atoms with Gasteiger partial charge in [-0.2, -0.15) is 0 Å². The Kier molecular flexibility index (Phi) is 2.61. The van der Waals surface area contributed by atoms with Crippen LogP contribution in [-0.4, -0.2) is 28.3 Å². The number of carbonyl (C=O) groups is 2. The SMILES string of the molecule is CC1(C(=O)O)C=CC(F)=C(C(=O)O)C1F. The maximum absolute atomic E-state index is 13.5. The molecule has 0 aromatic heterocycles. The standard InChI is InChI=1S/C9H8F2O4/c1-9(8(14)15)3-2-4(10)5(6(9)11)7(12)13/h2-3,6H,1H3,(H,12,13)(H,14,15). The Balaban J connectivity index is 3.26. The van der Waals surface area contributed by atoms with Crippen LogP contribution in [0.15, 0.2) is 23.6 Å². The van der Waals surface area contributed by atoms with Crippen molar-refractivity contribution in [1.82, 2.24) is 0 Å². The van der Waals surface area contributed by atoms with E-state index in [0.29, 0.717) is 6.08 Å². The highest BCUT2D eigenvalue weighted by molar-refractivity contribution is 5.92. The highest BCUT2D eigenvalue weighted by atomic mass is 19.1. The highest BCUT2D eigenvalue weighted by Gasteiger charge is 2.47. The molecule has 1 rings (SSSR count). The molecular weight excluding hydrogens is 210 g/mol. The van der Waals surface area contributed by atoms with E-state index in [2.05, 4.69) is 0 Å². The van der Waals surface area contributed by atoms with Crippen LogP contribution in [0.1, 0.15) is 6.92 Å². The number of rotatable bonds is 2. The number of allylic oxidation sites excluding steroid dienone is 2. The van der Waals surface area contributed by atoms with Crippen molar-refractivity contribution in [2.45, 2.75) is 13.1 Å². The molecule has 0 aromatic carbocycles. The molecule has 0 amide bonds. The van der Waals surface area contributed by atoms with E-state index in [1.165, 1.54) is 0 Å². The van der Waals surface area contributed by atoms with E-state index in [-0.39, 0.29) is 0 Å². The molecular formula is C9H8F2O4. The average molecular weight is 218 g/mol. The molecule has 0 heterocycles. The van der Waals surface area contributed by atoms with Crippen LogP contribution < -0.4 is 0 Å². The maximum atomic E-state index is 13.5. The van der Waals surface area contributed by atoms with E-state index in [9.17, 15) is 18.4 Å². The van der Waals surface area contributed by atoms with Gasteiger partial charge in [0.1, 0.15) is 16.8 Å². The molecule has 1 aliphatic rings. The van der Waals surface area contributed by atoms with Crippen LogP contribution in [0.4, 0.5) is 8.78 Å². The fourth-order valence-electron chi connectivity index (χ4n) is 1.23. The summed E-state index contributed by atoms with van der Waals surface area (Å²) < 4.78 is 26.5. The Morgan fingerprint density at radius 2 is 2.00 bits per heavy atom. The van der Waals surface area contributed by atoms with E-state index in [4.69, 9.17) is 10.2 Å². The minimum absolute atomic E-state index is 0.660. The molecule has 82 valence electrons. The van der Waals surface area contributed by atoms with Gasteiger partial charge in [0.2, 0.25) is 0 Å². The molecule has 0 bridgehead atoms. The molecule has 4 nitrogen and oxygen atoms in total. The van der Waals surface area contributed by atoms with Crippen molar-refractivity contribution >= 4 is 11.9 Å². The summed E-state index contributed by atoms with van der Waals surface area (Å²) in [5, 5.41) is 17.3. The summed E-state index contributed by atoms with van der Waals surface area (Å²) in [6.07, 6.45) is -0.937. The van der Waals surface area contributed by atoms with Crippen molar-refractivity contribution in [3.8, 4) is 0 Å². The molecule has 0 fully saturated rings. The van der Waals surface area contributed by atoms with E-state index in [1.807, 2.05) is 0 Å². The lowest BCUT2D eigenvalue weighted by molar-refractivity contribution is -0.148. The normalized spacial score (nSPS) is 30.5. The third-order valence-electron chi connectivity index (χ3n) is 2.30. The molecule has 0 saturated carbocycles. The first-order chi connectivity index (χ1) is 6.80. The quantitative estimate of drug-likeness (QED) is 0.732. The molecule has 6 heteroatoms. The molecule has 0 radical (unpaired) electrons. The van der Waals surface area contributed by atoms with Gasteiger partial charge in [0, 0.05) is 0 Å². The van der Waals surface area contributed by atoms with Crippen LogP contribution in [-0.2, 0) is 9.59 Å². The van der Waals surface area contributed by atoms with Gasteiger partial charge in [0.05, 0.1) is 0 Å². The lowest BCUT2D eigenvalue weighted by atomic mass is 9.78. The van der Waals surface area contributed by atoms with E-state index < -0.39 is 34.9 Å². The van der Waals surface area contributed by atoms with Gasteiger partial charge in [-0.1, -0.05) is 6.08 Å². The third kappa shape index (κ3) is 1.62. The van der Waals surface area contributed by atoms with E-state index in [1.54, 1.807) is 0 Å². The van der Waals surface area contributed by atoms with Crippen LogP contribution in [0.3, 0.4) is 0 Å². The van der Waals surface area contributed by atoms with Crippen molar-refractivity contribution in [2.75, 3.05) is 0 Å². The van der Waals surface area contributed by atoms with Crippen molar-refractivity contribution in [3.63, 3.8) is 0 Å². The van der Waals surface area contributed by atoms with Gasteiger partial charge in [0.25, 0.3) is 0 Å². The Bertz CT molecular complexity index is 386. The maximum Gasteiger partial charge on any atom is 0.337 e. The molecule has 15 heavy (non-hydrogen) atoms. The molecule has 2 atom stereocenters. The van der Waals surface area contributed by atoms with Crippen LogP contribution in [0, 0.1) is 5.41 Å². The van der Waals surface area contributed by atoms with Gasteiger partial charge in [-0.05, 0) is 13.0 Å². The molecule has 0 aliphatic heterocycles. The summed E-state index contributed by atoms with van der Waals surface area (Å²) >= 11 is 0. The zero-order valence-corrected chi connectivity index (χ0v) is 7.70. The minimum atomic E-state index is -2.41. The third-order valence-corrected chi connectivity index (χ3v) is 2.30. The smallest absolute Gasteiger partial charge is 0.337 e. The predicted molar refractivity (Wildman–Crippen MR) is 45.5 cm³/mol. The number of aliphatic carboxylic acids is 2. The first-order valence-electron chi connectivity index (χ1n) is 4.00. The topological polar surface area (TPSA) is 74.6 Å². The van der Waals surface area contributed by atoms with Gasteiger partial charge in [-0.25, -0.2) is 13.6 Å². The van der Waals surface area contributed by atoms with Crippen LogP contribution in [0.25, 0.3) is 0 Å². The first-order valence-corrected chi connectivity index (χ1v) is 4.00. The zero-order chi connectivity index (χ0) is 11.8. The van der Waals surface area contributed by atoms with Crippen molar-refractivity contribution in [1.29, 1.82) is 0 Å². The molecule has 2 N–H and O–H groups in total. The second-order valence-electron chi connectivity index (χ2n) is 3.35. The highest BCUT2D eigenvalue weighted by Crippen LogP contribution is 2.37. The largest absolute Gasteiger partial charge is 0.481 e. The monoisotopic (exact) mass is 218 g/mol. The van der Waals surface area contributed by atoms with E-state index >= 15 is 0 Å². The molecule has 0 saturated heterocycles. The molecule has 0 spiro atoms. The Labute approximate surface area is 83.5 Å². The number of carboxylic acids is 2. The lowest BCUT2D eigenvalue weighted by Crippen LogP contribution is -2.40. The fraction of sp³-hybridized carbons (Fsp3) is 0.333. The van der Waals surface area contributed by atoms with Gasteiger partial charge in [-0.15, -0.1) is 0 Å². The number of alkyl halides is 1. The summed E-state index contributed by atoms with van der Waals surface area (Å²) in [7, 11) is 0.